The fourth-order valence-electron chi connectivity index (χ4n) is 2.15. The molecule has 1 N–H and O–H groups in total. The highest BCUT2D eigenvalue weighted by Gasteiger charge is 2.23. The Labute approximate surface area is 107 Å². The van der Waals surface area contributed by atoms with Crippen LogP contribution in [-0.2, 0) is 0 Å². The minimum atomic E-state index is -0.364. The largest absolute Gasteiger partial charge is 0.304 e. The van der Waals surface area contributed by atoms with Crippen LogP contribution >= 0.6 is 0 Å². The molecule has 3 nitrogen and oxygen atoms in total. The zero-order chi connectivity index (χ0) is 13.3. The molecule has 0 rings (SSSR count). The highest BCUT2D eigenvalue weighted by atomic mass is 15.1. The molecule has 0 spiro atoms. The quantitative estimate of drug-likeness (QED) is 0.629. The lowest BCUT2D eigenvalue weighted by molar-refractivity contribution is 0.286. The second-order valence-corrected chi connectivity index (χ2v) is 5.23. The molecule has 0 saturated carbocycles. The van der Waals surface area contributed by atoms with Gasteiger partial charge in [0.05, 0.1) is 6.07 Å². The fraction of sp³-hybridized carbons (Fsp3) is 0.929. The molecule has 0 aromatic rings. The summed E-state index contributed by atoms with van der Waals surface area (Å²) in [5.41, 5.74) is -0.364. The predicted molar refractivity (Wildman–Crippen MR) is 73.9 cm³/mol. The summed E-state index contributed by atoms with van der Waals surface area (Å²) >= 11 is 0. The van der Waals surface area contributed by atoms with E-state index in [-0.39, 0.29) is 5.54 Å². The van der Waals surface area contributed by atoms with Crippen LogP contribution in [0.1, 0.15) is 53.9 Å². The summed E-state index contributed by atoms with van der Waals surface area (Å²) < 4.78 is 0. The van der Waals surface area contributed by atoms with Gasteiger partial charge in [-0.1, -0.05) is 13.8 Å². The van der Waals surface area contributed by atoms with E-state index in [2.05, 4.69) is 44.0 Å². The van der Waals surface area contributed by atoms with Gasteiger partial charge < -0.3 is 4.90 Å². The molecule has 0 fully saturated rings. The maximum absolute atomic E-state index is 9.21. The van der Waals surface area contributed by atoms with Crippen LogP contribution in [-0.4, -0.2) is 36.1 Å². The van der Waals surface area contributed by atoms with Gasteiger partial charge in [0, 0.05) is 6.04 Å². The Kier molecular flexibility index (Phi) is 8.20. The van der Waals surface area contributed by atoms with Crippen molar-refractivity contribution >= 4 is 0 Å². The van der Waals surface area contributed by atoms with Gasteiger partial charge >= 0.3 is 0 Å². The van der Waals surface area contributed by atoms with Gasteiger partial charge in [0.25, 0.3) is 0 Å². The fourth-order valence-corrected chi connectivity index (χ4v) is 2.15. The highest BCUT2D eigenvalue weighted by molar-refractivity contribution is 5.04. The molecular weight excluding hydrogens is 210 g/mol. The molecule has 17 heavy (non-hydrogen) atoms. The topological polar surface area (TPSA) is 39.1 Å². The Balaban J connectivity index is 3.89. The van der Waals surface area contributed by atoms with Crippen LogP contribution in [0.3, 0.4) is 0 Å². The lowest BCUT2D eigenvalue weighted by Gasteiger charge is -2.26. The highest BCUT2D eigenvalue weighted by Crippen LogP contribution is 2.14. The smallest absolute Gasteiger partial charge is 0.104 e. The van der Waals surface area contributed by atoms with Gasteiger partial charge in [-0.25, -0.2) is 0 Å². The monoisotopic (exact) mass is 239 g/mol. The first-order valence-corrected chi connectivity index (χ1v) is 6.88. The molecule has 0 heterocycles. The summed E-state index contributed by atoms with van der Waals surface area (Å²) in [4.78, 5) is 2.43. The molecule has 0 aliphatic carbocycles. The average Bonchev–Trinajstić information content (AvgIpc) is 2.28. The summed E-state index contributed by atoms with van der Waals surface area (Å²) in [6.45, 7) is 14.0. The molecule has 0 radical (unpaired) electrons. The Morgan fingerprint density at radius 3 is 2.24 bits per heavy atom. The van der Waals surface area contributed by atoms with E-state index in [0.717, 1.165) is 32.5 Å². The van der Waals surface area contributed by atoms with Crippen molar-refractivity contribution < 1.29 is 0 Å². The first-order chi connectivity index (χ1) is 7.97. The van der Waals surface area contributed by atoms with Crippen LogP contribution in [0.15, 0.2) is 0 Å². The maximum atomic E-state index is 9.21. The lowest BCUT2D eigenvalue weighted by Crippen LogP contribution is -2.45. The third-order valence-corrected chi connectivity index (χ3v) is 3.15. The minimum absolute atomic E-state index is 0.363. The second kappa shape index (κ2) is 8.49. The van der Waals surface area contributed by atoms with Crippen molar-refractivity contribution in [3.05, 3.63) is 0 Å². The van der Waals surface area contributed by atoms with Gasteiger partial charge in [-0.2, -0.15) is 5.26 Å². The summed E-state index contributed by atoms with van der Waals surface area (Å²) in [6, 6.07) is 2.76. The number of hydrogen-bond acceptors (Lipinski definition) is 3. The zero-order valence-electron chi connectivity index (χ0n) is 12.2. The molecule has 0 saturated heterocycles. The predicted octanol–water partition coefficient (Wildman–Crippen LogP) is 2.78. The molecule has 0 amide bonds. The minimum Gasteiger partial charge on any atom is -0.304 e. The van der Waals surface area contributed by atoms with E-state index in [4.69, 9.17) is 0 Å². The van der Waals surface area contributed by atoms with Crippen LogP contribution in [0.2, 0.25) is 0 Å². The first kappa shape index (κ1) is 16.4. The lowest BCUT2D eigenvalue weighted by atomic mass is 9.95. The number of nitrogens with zero attached hydrogens (tertiary/aromatic N) is 2. The number of hydrogen-bond donors (Lipinski definition) is 1. The van der Waals surface area contributed by atoms with Crippen molar-refractivity contribution in [1.82, 2.24) is 10.2 Å². The summed E-state index contributed by atoms with van der Waals surface area (Å²) in [7, 11) is 0. The Bertz CT molecular complexity index is 228. The van der Waals surface area contributed by atoms with Gasteiger partial charge in [0.15, 0.2) is 0 Å². The second-order valence-electron chi connectivity index (χ2n) is 5.23. The Hall–Kier alpha value is -0.590. The molecule has 100 valence electrons. The van der Waals surface area contributed by atoms with E-state index in [1.54, 1.807) is 0 Å². The van der Waals surface area contributed by atoms with Crippen molar-refractivity contribution in [2.45, 2.75) is 65.5 Å². The maximum Gasteiger partial charge on any atom is 0.104 e. The van der Waals surface area contributed by atoms with E-state index in [0.29, 0.717) is 6.04 Å². The Morgan fingerprint density at radius 1 is 1.24 bits per heavy atom. The first-order valence-electron chi connectivity index (χ1n) is 6.88. The molecule has 0 aliphatic rings. The molecule has 3 heteroatoms. The van der Waals surface area contributed by atoms with Crippen LogP contribution < -0.4 is 5.32 Å². The van der Waals surface area contributed by atoms with Crippen molar-refractivity contribution in [3.63, 3.8) is 0 Å². The van der Waals surface area contributed by atoms with Gasteiger partial charge in [-0.3, -0.25) is 5.32 Å². The molecule has 0 aliphatic heterocycles. The van der Waals surface area contributed by atoms with Crippen molar-refractivity contribution in [2.75, 3.05) is 19.6 Å². The van der Waals surface area contributed by atoms with Crippen molar-refractivity contribution in [3.8, 4) is 6.07 Å². The van der Waals surface area contributed by atoms with Crippen LogP contribution in [0.25, 0.3) is 0 Å². The van der Waals surface area contributed by atoms with E-state index in [9.17, 15) is 5.26 Å². The summed E-state index contributed by atoms with van der Waals surface area (Å²) in [5, 5.41) is 12.6. The van der Waals surface area contributed by atoms with Crippen molar-refractivity contribution in [1.29, 1.82) is 5.26 Å². The Morgan fingerprint density at radius 2 is 1.82 bits per heavy atom. The average molecular weight is 239 g/mol. The van der Waals surface area contributed by atoms with E-state index < -0.39 is 0 Å². The van der Waals surface area contributed by atoms with Gasteiger partial charge in [-0.15, -0.1) is 0 Å². The number of unbranched alkanes of at least 4 members (excludes halogenated alkanes) is 1. The third kappa shape index (κ3) is 7.36. The molecule has 0 aromatic heterocycles. The summed E-state index contributed by atoms with van der Waals surface area (Å²) in [6.07, 6.45) is 3.22. The molecule has 1 unspecified atom stereocenters. The van der Waals surface area contributed by atoms with Crippen molar-refractivity contribution in [2.24, 2.45) is 0 Å². The summed E-state index contributed by atoms with van der Waals surface area (Å²) in [5.74, 6) is 0. The van der Waals surface area contributed by atoms with Gasteiger partial charge in [0.2, 0.25) is 0 Å². The number of nitrogens with one attached hydrogen (secondary N) is 1. The normalized spacial score (nSPS) is 14.9. The number of nitriles is 1. The molecule has 0 aromatic carbocycles. The molecule has 0 bridgehead atoms. The standard InChI is InChI=1S/C14H29N3/c1-6-17(7-2)11-9-8-10-14(5,12-15)16-13(3)4/h13,16H,6-11H2,1-5H3. The van der Waals surface area contributed by atoms with Crippen LogP contribution in [0.5, 0.6) is 0 Å². The number of rotatable bonds is 9. The van der Waals surface area contributed by atoms with Crippen LogP contribution in [0.4, 0.5) is 0 Å². The van der Waals surface area contributed by atoms with E-state index in [1.165, 1.54) is 6.42 Å². The van der Waals surface area contributed by atoms with Gasteiger partial charge in [-0.05, 0) is 59.7 Å². The van der Waals surface area contributed by atoms with E-state index >= 15 is 0 Å². The zero-order valence-corrected chi connectivity index (χ0v) is 12.2. The molecule has 1 atom stereocenters. The SMILES string of the molecule is CCN(CC)CCCCC(C)(C#N)NC(C)C. The third-order valence-electron chi connectivity index (χ3n) is 3.15. The van der Waals surface area contributed by atoms with Crippen LogP contribution in [0, 0.1) is 11.3 Å². The van der Waals surface area contributed by atoms with Gasteiger partial charge in [0.1, 0.15) is 5.54 Å². The molecular formula is C14H29N3. The van der Waals surface area contributed by atoms with E-state index in [1.807, 2.05) is 6.92 Å².